The van der Waals surface area contributed by atoms with E-state index >= 15 is 0 Å². The van der Waals surface area contributed by atoms with E-state index in [-0.39, 0.29) is 11.9 Å². The highest BCUT2D eigenvalue weighted by Gasteiger charge is 2.12. The Labute approximate surface area is 104 Å². The molecule has 0 aliphatic carbocycles. The summed E-state index contributed by atoms with van der Waals surface area (Å²) in [6.07, 6.45) is 3.61. The van der Waals surface area contributed by atoms with E-state index in [1.165, 1.54) is 6.07 Å². The highest BCUT2D eigenvalue weighted by molar-refractivity contribution is 5.17. The van der Waals surface area contributed by atoms with Crippen molar-refractivity contribution in [2.45, 2.75) is 26.1 Å². The van der Waals surface area contributed by atoms with Gasteiger partial charge in [-0.2, -0.15) is 5.10 Å². The van der Waals surface area contributed by atoms with Crippen LogP contribution in [0.4, 0.5) is 5.88 Å². The second-order valence-corrected chi connectivity index (χ2v) is 4.01. The Balaban J connectivity index is 1.81. The second-order valence-electron chi connectivity index (χ2n) is 4.01. The first kappa shape index (κ1) is 12.3. The maximum absolute atomic E-state index is 10.4. The van der Waals surface area contributed by atoms with Crippen molar-refractivity contribution in [2.75, 3.05) is 0 Å². The van der Waals surface area contributed by atoms with Gasteiger partial charge >= 0.3 is 5.88 Å². The van der Waals surface area contributed by atoms with Crippen molar-refractivity contribution in [1.29, 1.82) is 0 Å². The molecule has 0 aromatic carbocycles. The van der Waals surface area contributed by atoms with Crippen LogP contribution < -0.4 is 5.32 Å². The van der Waals surface area contributed by atoms with Crippen molar-refractivity contribution in [2.24, 2.45) is 0 Å². The number of aromatic nitrogens is 2. The van der Waals surface area contributed by atoms with Gasteiger partial charge in [0.25, 0.3) is 0 Å². The molecule has 2 aromatic heterocycles. The van der Waals surface area contributed by atoms with Crippen LogP contribution >= 0.6 is 0 Å². The van der Waals surface area contributed by atoms with Gasteiger partial charge in [0.05, 0.1) is 19.2 Å². The lowest BCUT2D eigenvalue weighted by Gasteiger charge is -2.12. The van der Waals surface area contributed by atoms with Crippen LogP contribution in [-0.4, -0.2) is 20.7 Å². The highest BCUT2D eigenvalue weighted by atomic mass is 16.6. The van der Waals surface area contributed by atoms with Gasteiger partial charge in [-0.05, 0) is 19.1 Å². The third-order valence-corrected chi connectivity index (χ3v) is 2.47. The standard InChI is InChI=1S/C11H14N4O3/c1-9(8-14-6-2-5-13-14)12-7-10-3-4-11(18-10)15(16)17/h2-6,9,12H,7-8H2,1H3. The monoisotopic (exact) mass is 250 g/mol. The first-order chi connectivity index (χ1) is 8.65. The third-order valence-electron chi connectivity index (χ3n) is 2.47. The van der Waals surface area contributed by atoms with Crippen molar-refractivity contribution in [3.8, 4) is 0 Å². The average Bonchev–Trinajstić information content (AvgIpc) is 2.96. The SMILES string of the molecule is CC(Cn1cccn1)NCc1ccc([N+](=O)[O-])o1. The summed E-state index contributed by atoms with van der Waals surface area (Å²) in [5, 5.41) is 17.8. The van der Waals surface area contributed by atoms with Crippen LogP contribution in [0.5, 0.6) is 0 Å². The minimum absolute atomic E-state index is 0.189. The van der Waals surface area contributed by atoms with Gasteiger partial charge in [0.1, 0.15) is 10.7 Å². The lowest BCUT2D eigenvalue weighted by molar-refractivity contribution is -0.402. The lowest BCUT2D eigenvalue weighted by Crippen LogP contribution is -2.29. The maximum atomic E-state index is 10.4. The van der Waals surface area contributed by atoms with Crippen molar-refractivity contribution in [3.63, 3.8) is 0 Å². The summed E-state index contributed by atoms with van der Waals surface area (Å²) < 4.78 is 6.87. The topological polar surface area (TPSA) is 86.1 Å². The summed E-state index contributed by atoms with van der Waals surface area (Å²) in [7, 11) is 0. The first-order valence-electron chi connectivity index (χ1n) is 5.59. The zero-order valence-corrected chi connectivity index (χ0v) is 9.94. The Morgan fingerprint density at radius 3 is 3.06 bits per heavy atom. The number of furan rings is 1. The van der Waals surface area contributed by atoms with E-state index in [4.69, 9.17) is 4.42 Å². The van der Waals surface area contributed by atoms with Crippen LogP contribution in [0.2, 0.25) is 0 Å². The zero-order valence-electron chi connectivity index (χ0n) is 9.94. The molecular formula is C11H14N4O3. The van der Waals surface area contributed by atoms with Gasteiger partial charge in [0, 0.05) is 18.4 Å². The van der Waals surface area contributed by atoms with Gasteiger partial charge in [-0.15, -0.1) is 0 Å². The van der Waals surface area contributed by atoms with E-state index in [0.717, 1.165) is 6.54 Å². The molecular weight excluding hydrogens is 236 g/mol. The Hall–Kier alpha value is -2.15. The Kier molecular flexibility index (Phi) is 3.73. The molecule has 0 aliphatic heterocycles. The van der Waals surface area contributed by atoms with E-state index in [0.29, 0.717) is 12.3 Å². The van der Waals surface area contributed by atoms with Crippen LogP contribution in [0.3, 0.4) is 0 Å². The number of rotatable bonds is 6. The maximum Gasteiger partial charge on any atom is 0.433 e. The van der Waals surface area contributed by atoms with Crippen LogP contribution in [-0.2, 0) is 13.1 Å². The Morgan fingerprint density at radius 2 is 2.44 bits per heavy atom. The fraction of sp³-hybridized carbons (Fsp3) is 0.364. The Bertz CT molecular complexity index is 506. The van der Waals surface area contributed by atoms with Crippen LogP contribution in [0, 0.1) is 10.1 Å². The molecule has 0 saturated heterocycles. The molecule has 0 bridgehead atoms. The molecule has 2 aromatic rings. The van der Waals surface area contributed by atoms with Gasteiger partial charge in [0.15, 0.2) is 0 Å². The van der Waals surface area contributed by atoms with Crippen molar-refractivity contribution < 1.29 is 9.34 Å². The molecule has 0 fully saturated rings. The van der Waals surface area contributed by atoms with Crippen molar-refractivity contribution in [1.82, 2.24) is 15.1 Å². The molecule has 0 saturated carbocycles. The Morgan fingerprint density at radius 1 is 1.61 bits per heavy atom. The average molecular weight is 250 g/mol. The number of hydrogen-bond acceptors (Lipinski definition) is 5. The highest BCUT2D eigenvalue weighted by Crippen LogP contribution is 2.15. The summed E-state index contributed by atoms with van der Waals surface area (Å²) in [5.41, 5.74) is 0. The molecule has 1 atom stereocenters. The molecule has 0 spiro atoms. The summed E-state index contributed by atoms with van der Waals surface area (Å²) in [4.78, 5) is 9.90. The van der Waals surface area contributed by atoms with Crippen LogP contribution in [0.25, 0.3) is 0 Å². The predicted molar refractivity (Wildman–Crippen MR) is 63.9 cm³/mol. The lowest BCUT2D eigenvalue weighted by atomic mass is 10.3. The molecule has 7 nitrogen and oxygen atoms in total. The van der Waals surface area contributed by atoms with Gasteiger partial charge in [-0.1, -0.05) is 0 Å². The zero-order chi connectivity index (χ0) is 13.0. The van der Waals surface area contributed by atoms with Gasteiger partial charge in [-0.25, -0.2) is 0 Å². The summed E-state index contributed by atoms with van der Waals surface area (Å²) in [6.45, 7) is 3.20. The van der Waals surface area contributed by atoms with Crippen LogP contribution in [0.1, 0.15) is 12.7 Å². The van der Waals surface area contributed by atoms with Gasteiger partial charge < -0.3 is 9.73 Å². The van der Waals surface area contributed by atoms with Gasteiger partial charge in [-0.3, -0.25) is 14.8 Å². The number of hydrogen-bond donors (Lipinski definition) is 1. The largest absolute Gasteiger partial charge is 0.433 e. The number of nitrogens with one attached hydrogen (secondary N) is 1. The third kappa shape index (κ3) is 3.17. The van der Waals surface area contributed by atoms with E-state index in [2.05, 4.69) is 10.4 Å². The fourth-order valence-electron chi connectivity index (χ4n) is 1.59. The molecule has 18 heavy (non-hydrogen) atoms. The normalized spacial score (nSPS) is 12.5. The van der Waals surface area contributed by atoms with Gasteiger partial charge in [0.2, 0.25) is 0 Å². The number of nitrogens with zero attached hydrogens (tertiary/aromatic N) is 3. The quantitative estimate of drug-likeness (QED) is 0.621. The summed E-state index contributed by atoms with van der Waals surface area (Å²) in [6, 6.07) is 5.01. The fourth-order valence-corrected chi connectivity index (χ4v) is 1.59. The van der Waals surface area contributed by atoms with Crippen LogP contribution in [0.15, 0.2) is 35.0 Å². The first-order valence-corrected chi connectivity index (χ1v) is 5.59. The van der Waals surface area contributed by atoms with Crippen molar-refractivity contribution in [3.05, 3.63) is 46.5 Å². The number of nitro groups is 1. The van der Waals surface area contributed by atoms with E-state index in [9.17, 15) is 10.1 Å². The van der Waals surface area contributed by atoms with E-state index in [1.54, 1.807) is 12.3 Å². The molecule has 2 heterocycles. The molecule has 1 N–H and O–H groups in total. The molecule has 1 unspecified atom stereocenters. The smallest absolute Gasteiger partial charge is 0.404 e. The molecule has 0 aliphatic rings. The molecule has 96 valence electrons. The molecule has 2 rings (SSSR count). The summed E-state index contributed by atoms with van der Waals surface area (Å²) in [5.74, 6) is 0.320. The minimum Gasteiger partial charge on any atom is -0.404 e. The molecule has 7 heteroatoms. The second kappa shape index (κ2) is 5.46. The molecule has 0 amide bonds. The predicted octanol–water partition coefficient (Wildman–Crippen LogP) is 1.56. The van der Waals surface area contributed by atoms with E-state index in [1.807, 2.05) is 23.9 Å². The summed E-state index contributed by atoms with van der Waals surface area (Å²) >= 11 is 0. The minimum atomic E-state index is -0.545. The van der Waals surface area contributed by atoms with Crippen molar-refractivity contribution >= 4 is 5.88 Å². The molecule has 0 radical (unpaired) electrons. The van der Waals surface area contributed by atoms with E-state index < -0.39 is 4.92 Å².